The van der Waals surface area contributed by atoms with E-state index in [1.54, 1.807) is 0 Å². The van der Waals surface area contributed by atoms with Gasteiger partial charge in [-0.2, -0.15) is 0 Å². The van der Waals surface area contributed by atoms with E-state index in [0.29, 0.717) is 19.3 Å². The van der Waals surface area contributed by atoms with Crippen molar-refractivity contribution in [2.45, 2.75) is 304 Å². The van der Waals surface area contributed by atoms with Gasteiger partial charge in [0.15, 0.2) is 6.10 Å². The molecule has 0 spiro atoms. The van der Waals surface area contributed by atoms with Crippen molar-refractivity contribution < 1.29 is 28.6 Å². The van der Waals surface area contributed by atoms with E-state index in [0.717, 1.165) is 75.5 Å². The van der Waals surface area contributed by atoms with Crippen LogP contribution >= 0.6 is 0 Å². The molecular formula is C55H106O6. The van der Waals surface area contributed by atoms with E-state index in [-0.39, 0.29) is 31.1 Å². The minimum atomic E-state index is -0.763. The highest BCUT2D eigenvalue weighted by Gasteiger charge is 2.19. The Labute approximate surface area is 380 Å². The fraction of sp³-hybridized carbons (Fsp3) is 0.945. The maximum Gasteiger partial charge on any atom is 0.306 e. The molecule has 362 valence electrons. The van der Waals surface area contributed by atoms with Crippen molar-refractivity contribution in [3.05, 3.63) is 0 Å². The molecule has 6 heteroatoms. The zero-order valence-electron chi connectivity index (χ0n) is 42.0. The van der Waals surface area contributed by atoms with Crippen molar-refractivity contribution in [1.29, 1.82) is 0 Å². The summed E-state index contributed by atoms with van der Waals surface area (Å²) in [6, 6.07) is 0. The third-order valence-corrected chi connectivity index (χ3v) is 12.8. The molecule has 0 aromatic rings. The minimum Gasteiger partial charge on any atom is -0.462 e. The molecule has 0 N–H and O–H groups in total. The zero-order chi connectivity index (χ0) is 44.9. The third-order valence-electron chi connectivity index (χ3n) is 12.8. The summed E-state index contributed by atoms with van der Waals surface area (Å²) in [5.41, 5.74) is 0. The quantitative estimate of drug-likeness (QED) is 0.0344. The van der Waals surface area contributed by atoms with Gasteiger partial charge in [-0.1, -0.05) is 260 Å². The van der Waals surface area contributed by atoms with Gasteiger partial charge in [0.2, 0.25) is 0 Å². The van der Waals surface area contributed by atoms with Gasteiger partial charge in [0.25, 0.3) is 0 Å². The Morgan fingerprint density at radius 3 is 0.852 bits per heavy atom. The van der Waals surface area contributed by atoms with Crippen LogP contribution in [0.5, 0.6) is 0 Å². The molecule has 0 aliphatic carbocycles. The van der Waals surface area contributed by atoms with Gasteiger partial charge < -0.3 is 14.2 Å². The molecule has 0 aliphatic heterocycles. The summed E-state index contributed by atoms with van der Waals surface area (Å²) in [6.45, 7) is 13.7. The Bertz CT molecular complexity index is 947. The molecule has 0 aromatic heterocycles. The second-order valence-electron chi connectivity index (χ2n) is 20.1. The Morgan fingerprint density at radius 2 is 0.574 bits per heavy atom. The maximum atomic E-state index is 12.8. The summed E-state index contributed by atoms with van der Waals surface area (Å²) in [4.78, 5) is 38.0. The van der Waals surface area contributed by atoms with Crippen LogP contribution in [0.3, 0.4) is 0 Å². The second-order valence-corrected chi connectivity index (χ2v) is 20.1. The zero-order valence-corrected chi connectivity index (χ0v) is 42.0. The number of esters is 3. The van der Waals surface area contributed by atoms with Crippen molar-refractivity contribution in [2.75, 3.05) is 13.2 Å². The lowest BCUT2D eigenvalue weighted by Crippen LogP contribution is -2.30. The van der Waals surface area contributed by atoms with Crippen LogP contribution in [0.1, 0.15) is 298 Å². The Morgan fingerprint density at radius 1 is 0.328 bits per heavy atom. The molecule has 0 heterocycles. The highest BCUT2D eigenvalue weighted by Crippen LogP contribution is 2.18. The first-order valence-electron chi connectivity index (χ1n) is 27.1. The van der Waals surface area contributed by atoms with Crippen molar-refractivity contribution in [2.24, 2.45) is 17.8 Å². The van der Waals surface area contributed by atoms with Gasteiger partial charge in [0.05, 0.1) is 0 Å². The fourth-order valence-electron chi connectivity index (χ4n) is 8.26. The first kappa shape index (κ1) is 59.4. The molecule has 0 amide bonds. The van der Waals surface area contributed by atoms with Crippen LogP contribution < -0.4 is 0 Å². The molecule has 0 aromatic carbocycles. The van der Waals surface area contributed by atoms with Gasteiger partial charge in [-0.05, 0) is 37.0 Å². The fourth-order valence-corrected chi connectivity index (χ4v) is 8.26. The van der Waals surface area contributed by atoms with Gasteiger partial charge in [-0.25, -0.2) is 0 Å². The maximum absolute atomic E-state index is 12.8. The van der Waals surface area contributed by atoms with E-state index in [1.807, 2.05) is 0 Å². The molecule has 1 unspecified atom stereocenters. The number of rotatable bonds is 48. The van der Waals surface area contributed by atoms with Crippen molar-refractivity contribution in [1.82, 2.24) is 0 Å². The molecule has 0 radical (unpaired) electrons. The standard InChI is InChI=1S/C55H106O6/c1-7-51(6)43-37-31-25-19-16-17-20-26-32-38-44-53(56)59-47-52(48-60-54(57)45-39-33-28-22-24-30-36-42-50(4)5)61-55(58)46-40-34-27-21-15-13-11-9-8-10-12-14-18-23-29-35-41-49(2)3/h49-52H,7-48H2,1-6H3/t51?,52-/m1/s1. The van der Waals surface area contributed by atoms with Crippen LogP contribution in [-0.2, 0) is 28.6 Å². The summed E-state index contributed by atoms with van der Waals surface area (Å²) in [7, 11) is 0. The lowest BCUT2D eigenvalue weighted by atomic mass is 9.99. The number of carbonyl (C=O) groups excluding carboxylic acids is 3. The molecule has 0 saturated heterocycles. The highest BCUT2D eigenvalue weighted by atomic mass is 16.6. The summed E-state index contributed by atoms with van der Waals surface area (Å²) in [5, 5.41) is 0. The normalized spacial score (nSPS) is 12.6. The molecule has 6 nitrogen and oxygen atoms in total. The number of unbranched alkanes of at least 4 members (excludes halogenated alkanes) is 30. The van der Waals surface area contributed by atoms with Crippen molar-refractivity contribution >= 4 is 17.9 Å². The molecule has 61 heavy (non-hydrogen) atoms. The Hall–Kier alpha value is -1.59. The molecular weight excluding hydrogens is 757 g/mol. The molecule has 0 aliphatic rings. The summed E-state index contributed by atoms with van der Waals surface area (Å²) < 4.78 is 16.8. The number of ether oxygens (including phenoxy) is 3. The van der Waals surface area contributed by atoms with Gasteiger partial charge in [0, 0.05) is 19.3 Å². The van der Waals surface area contributed by atoms with Crippen LogP contribution in [0.4, 0.5) is 0 Å². The summed E-state index contributed by atoms with van der Waals surface area (Å²) >= 11 is 0. The van der Waals surface area contributed by atoms with E-state index >= 15 is 0 Å². The summed E-state index contributed by atoms with van der Waals surface area (Å²) in [5.74, 6) is 1.65. The third kappa shape index (κ3) is 47.7. The van der Waals surface area contributed by atoms with E-state index in [1.165, 1.54) is 180 Å². The first-order valence-corrected chi connectivity index (χ1v) is 27.1. The van der Waals surface area contributed by atoms with E-state index in [9.17, 15) is 14.4 Å². The molecule has 0 fully saturated rings. The highest BCUT2D eigenvalue weighted by molar-refractivity contribution is 5.71. The predicted octanol–water partition coefficient (Wildman–Crippen LogP) is 17.6. The summed E-state index contributed by atoms with van der Waals surface area (Å²) in [6.07, 6.45) is 46.7. The number of hydrogen-bond acceptors (Lipinski definition) is 6. The van der Waals surface area contributed by atoms with Crippen LogP contribution in [0.25, 0.3) is 0 Å². The Kier molecular flexibility index (Phi) is 45.2. The lowest BCUT2D eigenvalue weighted by Gasteiger charge is -2.18. The van der Waals surface area contributed by atoms with E-state index < -0.39 is 6.10 Å². The molecule has 0 rings (SSSR count). The van der Waals surface area contributed by atoms with E-state index in [2.05, 4.69) is 41.5 Å². The predicted molar refractivity (Wildman–Crippen MR) is 261 cm³/mol. The van der Waals surface area contributed by atoms with Crippen LogP contribution in [0.15, 0.2) is 0 Å². The first-order chi connectivity index (χ1) is 29.6. The van der Waals surface area contributed by atoms with Crippen LogP contribution in [-0.4, -0.2) is 37.2 Å². The van der Waals surface area contributed by atoms with Crippen molar-refractivity contribution in [3.8, 4) is 0 Å². The SMILES string of the molecule is CCC(C)CCCCCCCCCCCCC(=O)OC[C@H](COC(=O)CCCCCCCCCC(C)C)OC(=O)CCCCCCCCCCCCCCCCCCC(C)C. The average Bonchev–Trinajstić information content (AvgIpc) is 3.23. The minimum absolute atomic E-state index is 0.0649. The second kappa shape index (κ2) is 46.4. The topological polar surface area (TPSA) is 78.9 Å². The van der Waals surface area contributed by atoms with Crippen LogP contribution in [0, 0.1) is 17.8 Å². The largest absolute Gasteiger partial charge is 0.462 e. The van der Waals surface area contributed by atoms with Gasteiger partial charge in [0.1, 0.15) is 13.2 Å². The number of carbonyl (C=O) groups is 3. The molecule has 0 bridgehead atoms. The van der Waals surface area contributed by atoms with E-state index in [4.69, 9.17) is 14.2 Å². The Balaban J connectivity index is 4.27. The van der Waals surface area contributed by atoms with Crippen molar-refractivity contribution in [3.63, 3.8) is 0 Å². The smallest absolute Gasteiger partial charge is 0.306 e. The number of hydrogen-bond donors (Lipinski definition) is 0. The molecule has 2 atom stereocenters. The van der Waals surface area contributed by atoms with Gasteiger partial charge >= 0.3 is 17.9 Å². The lowest BCUT2D eigenvalue weighted by molar-refractivity contribution is -0.167. The van der Waals surface area contributed by atoms with Gasteiger partial charge in [-0.15, -0.1) is 0 Å². The molecule has 0 saturated carbocycles. The monoisotopic (exact) mass is 863 g/mol. The van der Waals surface area contributed by atoms with Gasteiger partial charge in [-0.3, -0.25) is 14.4 Å². The van der Waals surface area contributed by atoms with Crippen LogP contribution in [0.2, 0.25) is 0 Å². The average molecular weight is 863 g/mol.